The lowest BCUT2D eigenvalue weighted by Gasteiger charge is -2.07. The Morgan fingerprint density at radius 1 is 1.31 bits per heavy atom. The lowest BCUT2D eigenvalue weighted by molar-refractivity contribution is 0.628. The van der Waals surface area contributed by atoms with Crippen LogP contribution in [0.3, 0.4) is 0 Å². The van der Waals surface area contributed by atoms with Gasteiger partial charge < -0.3 is 5.32 Å². The normalized spacial score (nSPS) is 10.5. The first-order valence-corrected chi connectivity index (χ1v) is 6.51. The Hall–Kier alpha value is -0.360. The van der Waals surface area contributed by atoms with Gasteiger partial charge >= 0.3 is 0 Å². The van der Waals surface area contributed by atoms with E-state index in [-0.39, 0.29) is 10.0 Å². The van der Waals surface area contributed by atoms with Crippen molar-refractivity contribution in [2.24, 2.45) is 0 Å². The molecule has 0 aliphatic carbocycles. The lowest BCUT2D eigenvalue weighted by Crippen LogP contribution is -1.92. The zero-order valence-electron chi connectivity index (χ0n) is 7.60. The smallest absolute Gasteiger partial charge is 0.188 e. The third-order valence-corrected chi connectivity index (χ3v) is 3.78. The average molecular weight is 342 g/mol. The molecule has 0 bridgehead atoms. The number of hydrogen-bond acceptors (Lipinski definition) is 3. The van der Waals surface area contributed by atoms with Gasteiger partial charge in [-0.1, -0.05) is 23.2 Å². The maximum Gasteiger partial charge on any atom is 0.188 e. The maximum absolute atomic E-state index is 12.9. The fourth-order valence-corrected chi connectivity index (χ4v) is 2.78. The first-order valence-electron chi connectivity index (χ1n) is 4.09. The largest absolute Gasteiger partial charge is 0.329 e. The summed E-state index contributed by atoms with van der Waals surface area (Å²) in [4.78, 5) is 4.12. The predicted molar refractivity (Wildman–Crippen MR) is 69.5 cm³/mol. The molecule has 84 valence electrons. The van der Waals surface area contributed by atoms with Gasteiger partial charge in [-0.25, -0.2) is 9.37 Å². The minimum Gasteiger partial charge on any atom is -0.329 e. The highest BCUT2D eigenvalue weighted by molar-refractivity contribution is 9.10. The van der Waals surface area contributed by atoms with E-state index in [1.165, 1.54) is 23.5 Å². The van der Waals surface area contributed by atoms with Crippen LogP contribution in [0, 0.1) is 5.82 Å². The Bertz CT molecular complexity index is 509. The van der Waals surface area contributed by atoms with E-state index in [1.54, 1.807) is 0 Å². The van der Waals surface area contributed by atoms with Crippen molar-refractivity contribution in [2.75, 3.05) is 5.32 Å². The molecule has 0 amide bonds. The number of nitrogens with zero attached hydrogens (tertiary/aromatic N) is 1. The molecule has 2 rings (SSSR count). The summed E-state index contributed by atoms with van der Waals surface area (Å²) in [6, 6.07) is 2.39. The van der Waals surface area contributed by atoms with Gasteiger partial charge in [0.05, 0.1) is 15.7 Å². The summed E-state index contributed by atoms with van der Waals surface area (Å²) in [6.07, 6.45) is 0. The molecule has 0 aliphatic heterocycles. The van der Waals surface area contributed by atoms with Gasteiger partial charge in [0.15, 0.2) is 5.13 Å². The molecule has 0 atom stereocenters. The zero-order valence-corrected chi connectivity index (χ0v) is 11.5. The molecule has 1 aromatic carbocycles. The van der Waals surface area contributed by atoms with Crippen LogP contribution < -0.4 is 5.32 Å². The molecule has 7 heteroatoms. The minimum atomic E-state index is -0.471. The first kappa shape index (κ1) is 12.1. The van der Waals surface area contributed by atoms with Gasteiger partial charge in [0.2, 0.25) is 0 Å². The van der Waals surface area contributed by atoms with E-state index >= 15 is 0 Å². The summed E-state index contributed by atoms with van der Waals surface area (Å²) in [5, 5.41) is 5.81. The minimum absolute atomic E-state index is 0.219. The Balaban J connectivity index is 2.34. The fraction of sp³-hybridized carbons (Fsp3) is 0. The molecular formula is C9H4BrCl2FN2S. The van der Waals surface area contributed by atoms with Crippen molar-refractivity contribution >= 4 is 61.3 Å². The summed E-state index contributed by atoms with van der Waals surface area (Å²) in [5.74, 6) is -0.471. The molecule has 2 nitrogen and oxygen atoms in total. The highest BCUT2D eigenvalue weighted by Gasteiger charge is 2.10. The Morgan fingerprint density at radius 3 is 2.44 bits per heavy atom. The van der Waals surface area contributed by atoms with Crippen LogP contribution in [0.4, 0.5) is 15.2 Å². The standard InChI is InChI=1S/C9H4BrCl2FN2S/c10-7-3-16-9(14-7)15-8-5(11)1-4(13)2-6(8)12/h1-3H,(H,14,15). The highest BCUT2D eigenvalue weighted by Crippen LogP contribution is 2.34. The first-order chi connectivity index (χ1) is 7.56. The number of anilines is 2. The SMILES string of the molecule is Fc1cc(Cl)c(Nc2nc(Br)cs2)c(Cl)c1. The van der Waals surface area contributed by atoms with Crippen molar-refractivity contribution in [1.82, 2.24) is 4.98 Å². The fourth-order valence-electron chi connectivity index (χ4n) is 1.08. The Labute approximate surface area is 114 Å². The number of rotatable bonds is 2. The van der Waals surface area contributed by atoms with Gasteiger partial charge in [-0.2, -0.15) is 0 Å². The van der Waals surface area contributed by atoms with E-state index in [2.05, 4.69) is 26.2 Å². The monoisotopic (exact) mass is 340 g/mol. The third-order valence-electron chi connectivity index (χ3n) is 1.71. The van der Waals surface area contributed by atoms with Crippen LogP contribution in [-0.2, 0) is 0 Å². The maximum atomic E-state index is 12.9. The van der Waals surface area contributed by atoms with E-state index in [0.29, 0.717) is 15.4 Å². The van der Waals surface area contributed by atoms with Crippen LogP contribution in [0.1, 0.15) is 0 Å². The molecular weight excluding hydrogens is 338 g/mol. The van der Waals surface area contributed by atoms with Gasteiger partial charge in [0.25, 0.3) is 0 Å². The van der Waals surface area contributed by atoms with Crippen molar-refractivity contribution in [3.63, 3.8) is 0 Å². The van der Waals surface area contributed by atoms with Gasteiger partial charge in [-0.05, 0) is 28.1 Å². The topological polar surface area (TPSA) is 24.9 Å². The summed E-state index contributed by atoms with van der Waals surface area (Å²) in [7, 11) is 0. The average Bonchev–Trinajstić information content (AvgIpc) is 2.58. The van der Waals surface area contributed by atoms with E-state index < -0.39 is 5.82 Å². The van der Waals surface area contributed by atoms with Crippen molar-refractivity contribution in [2.45, 2.75) is 0 Å². The predicted octanol–water partition coefficient (Wildman–Crippen LogP) is 5.10. The van der Waals surface area contributed by atoms with Crippen LogP contribution >= 0.6 is 50.5 Å². The van der Waals surface area contributed by atoms with E-state index in [9.17, 15) is 4.39 Å². The highest BCUT2D eigenvalue weighted by atomic mass is 79.9. The quantitative estimate of drug-likeness (QED) is 0.822. The lowest BCUT2D eigenvalue weighted by atomic mass is 10.3. The molecule has 0 saturated carbocycles. The number of benzene rings is 1. The van der Waals surface area contributed by atoms with E-state index in [1.807, 2.05) is 5.38 Å². The van der Waals surface area contributed by atoms with Crippen LogP contribution in [0.2, 0.25) is 10.0 Å². The second-order valence-corrected chi connectivity index (χ2v) is 5.33. The van der Waals surface area contributed by atoms with E-state index in [0.717, 1.165) is 0 Å². The second kappa shape index (κ2) is 4.87. The number of thiazole rings is 1. The molecule has 0 radical (unpaired) electrons. The molecule has 1 N–H and O–H groups in total. The van der Waals surface area contributed by atoms with Gasteiger partial charge in [-0.3, -0.25) is 0 Å². The molecule has 1 aromatic heterocycles. The van der Waals surface area contributed by atoms with E-state index in [4.69, 9.17) is 23.2 Å². The third kappa shape index (κ3) is 2.66. The van der Waals surface area contributed by atoms with Gasteiger partial charge in [0.1, 0.15) is 10.4 Å². The van der Waals surface area contributed by atoms with Gasteiger partial charge in [0, 0.05) is 5.38 Å². The number of hydrogen-bond donors (Lipinski definition) is 1. The van der Waals surface area contributed by atoms with Gasteiger partial charge in [-0.15, -0.1) is 11.3 Å². The Kier molecular flexibility index (Phi) is 3.69. The van der Waals surface area contributed by atoms with Crippen molar-refractivity contribution < 1.29 is 4.39 Å². The molecule has 1 heterocycles. The number of halogens is 4. The molecule has 0 saturated heterocycles. The molecule has 0 spiro atoms. The summed E-state index contributed by atoms with van der Waals surface area (Å²) in [5.41, 5.74) is 0.451. The number of aromatic nitrogens is 1. The van der Waals surface area contributed by atoms with Crippen molar-refractivity contribution in [3.05, 3.63) is 38.0 Å². The zero-order chi connectivity index (χ0) is 11.7. The van der Waals surface area contributed by atoms with Crippen LogP contribution in [0.25, 0.3) is 0 Å². The van der Waals surface area contributed by atoms with Crippen LogP contribution in [0.15, 0.2) is 22.1 Å². The summed E-state index contributed by atoms with van der Waals surface area (Å²) < 4.78 is 13.7. The van der Waals surface area contributed by atoms with Crippen molar-refractivity contribution in [3.8, 4) is 0 Å². The Morgan fingerprint density at radius 2 is 1.94 bits per heavy atom. The van der Waals surface area contributed by atoms with Crippen LogP contribution in [0.5, 0.6) is 0 Å². The summed E-state index contributed by atoms with van der Waals surface area (Å²) in [6.45, 7) is 0. The molecule has 0 fully saturated rings. The molecule has 0 unspecified atom stereocenters. The molecule has 0 aliphatic rings. The summed E-state index contributed by atoms with van der Waals surface area (Å²) >= 11 is 16.4. The van der Waals surface area contributed by atoms with Crippen molar-refractivity contribution in [1.29, 1.82) is 0 Å². The number of nitrogens with one attached hydrogen (secondary N) is 1. The molecule has 16 heavy (non-hydrogen) atoms. The second-order valence-electron chi connectivity index (χ2n) is 2.84. The molecule has 2 aromatic rings. The van der Waals surface area contributed by atoms with Crippen LogP contribution in [-0.4, -0.2) is 4.98 Å².